The number of hydrogen-bond donors (Lipinski definition) is 1. The molecule has 0 spiro atoms. The lowest BCUT2D eigenvalue weighted by Gasteiger charge is -2.00. The molecule has 0 heterocycles. The summed E-state index contributed by atoms with van der Waals surface area (Å²) in [5, 5.41) is 8.99. The summed E-state index contributed by atoms with van der Waals surface area (Å²) in [6.07, 6.45) is 3.66. The van der Waals surface area contributed by atoms with E-state index < -0.39 is 0 Å². The van der Waals surface area contributed by atoms with Crippen LogP contribution in [0.4, 0.5) is 0 Å². The van der Waals surface area contributed by atoms with Gasteiger partial charge < -0.3 is 9.84 Å². The van der Waals surface area contributed by atoms with Crippen LogP contribution in [-0.2, 0) is 16.0 Å². The standard InChI is InChI=1S/C10H12O3.C4H10/c1-13-10(12)7-4-8-2-5-9(11)6-3-8;1-3-4-2/h2-3,5-6,11H,4,7H2,1H3;3-4H2,1-2H3. The minimum absolute atomic E-state index is 0.215. The van der Waals surface area contributed by atoms with Gasteiger partial charge in [-0.3, -0.25) is 4.79 Å². The molecule has 1 aromatic carbocycles. The molecule has 1 rings (SSSR count). The molecule has 1 aromatic rings. The van der Waals surface area contributed by atoms with Crippen LogP contribution in [0.2, 0.25) is 0 Å². The Bertz CT molecular complexity index is 302. The molecule has 0 unspecified atom stereocenters. The Morgan fingerprint density at radius 1 is 1.18 bits per heavy atom. The largest absolute Gasteiger partial charge is 0.508 e. The highest BCUT2D eigenvalue weighted by atomic mass is 16.5. The molecule has 0 radical (unpaired) electrons. The molecule has 3 nitrogen and oxygen atoms in total. The second-order valence-corrected chi connectivity index (χ2v) is 3.74. The summed E-state index contributed by atoms with van der Waals surface area (Å²) in [7, 11) is 1.37. The average molecular weight is 238 g/mol. The van der Waals surface area contributed by atoms with Crippen LogP contribution in [0, 0.1) is 0 Å². The van der Waals surface area contributed by atoms with Gasteiger partial charge in [0.1, 0.15) is 5.75 Å². The second-order valence-electron chi connectivity index (χ2n) is 3.74. The van der Waals surface area contributed by atoms with E-state index in [4.69, 9.17) is 5.11 Å². The Morgan fingerprint density at radius 2 is 1.71 bits per heavy atom. The fourth-order valence-electron chi connectivity index (χ4n) is 1.01. The number of carbonyl (C=O) groups excluding carboxylic acids is 1. The monoisotopic (exact) mass is 238 g/mol. The van der Waals surface area contributed by atoms with Crippen LogP contribution in [0.5, 0.6) is 5.75 Å². The van der Waals surface area contributed by atoms with E-state index in [-0.39, 0.29) is 11.7 Å². The first kappa shape index (κ1) is 15.5. The van der Waals surface area contributed by atoms with Gasteiger partial charge in [-0.25, -0.2) is 0 Å². The zero-order chi connectivity index (χ0) is 13.1. The smallest absolute Gasteiger partial charge is 0.305 e. The molecule has 0 aliphatic carbocycles. The molecule has 0 saturated carbocycles. The molecule has 0 bridgehead atoms. The first-order valence-corrected chi connectivity index (χ1v) is 5.98. The first-order valence-electron chi connectivity index (χ1n) is 5.98. The van der Waals surface area contributed by atoms with Gasteiger partial charge in [0.05, 0.1) is 7.11 Å². The number of esters is 1. The summed E-state index contributed by atoms with van der Waals surface area (Å²) in [5.74, 6) is 0.0230. The van der Waals surface area contributed by atoms with Gasteiger partial charge in [0.2, 0.25) is 0 Å². The van der Waals surface area contributed by atoms with Crippen molar-refractivity contribution in [3.05, 3.63) is 29.8 Å². The maximum atomic E-state index is 10.8. The second kappa shape index (κ2) is 9.70. The average Bonchev–Trinajstić information content (AvgIpc) is 2.38. The SMILES string of the molecule is CCCC.COC(=O)CCc1ccc(O)cc1. The summed E-state index contributed by atoms with van der Waals surface area (Å²) in [5.41, 5.74) is 1.02. The van der Waals surface area contributed by atoms with Gasteiger partial charge >= 0.3 is 5.97 Å². The molecule has 3 heteroatoms. The molecule has 0 aliphatic heterocycles. The van der Waals surface area contributed by atoms with Crippen molar-refractivity contribution < 1.29 is 14.6 Å². The summed E-state index contributed by atoms with van der Waals surface area (Å²) >= 11 is 0. The summed E-state index contributed by atoms with van der Waals surface area (Å²) in [6.45, 7) is 4.36. The molecule has 0 aliphatic rings. The molecule has 0 fully saturated rings. The maximum absolute atomic E-state index is 10.8. The number of rotatable bonds is 4. The number of methoxy groups -OCH3 is 1. The van der Waals surface area contributed by atoms with E-state index >= 15 is 0 Å². The van der Waals surface area contributed by atoms with Gasteiger partial charge in [-0.15, -0.1) is 0 Å². The topological polar surface area (TPSA) is 46.5 Å². The third-order valence-corrected chi connectivity index (χ3v) is 2.28. The quantitative estimate of drug-likeness (QED) is 0.819. The zero-order valence-electron chi connectivity index (χ0n) is 10.9. The summed E-state index contributed by atoms with van der Waals surface area (Å²) in [4.78, 5) is 10.8. The highest BCUT2D eigenvalue weighted by Gasteiger charge is 2.00. The molecule has 0 atom stereocenters. The highest BCUT2D eigenvalue weighted by Crippen LogP contribution is 2.11. The number of unbranched alkanes of at least 4 members (excludes halogenated alkanes) is 1. The number of aryl methyl sites for hydroxylation is 1. The van der Waals surface area contributed by atoms with Gasteiger partial charge in [-0.1, -0.05) is 38.8 Å². The van der Waals surface area contributed by atoms with Crippen molar-refractivity contribution in [2.45, 2.75) is 39.5 Å². The van der Waals surface area contributed by atoms with E-state index in [0.717, 1.165) is 5.56 Å². The van der Waals surface area contributed by atoms with Gasteiger partial charge in [0.15, 0.2) is 0 Å². The Kier molecular flexibility index (Phi) is 8.84. The number of aromatic hydroxyl groups is 1. The van der Waals surface area contributed by atoms with Crippen molar-refractivity contribution in [1.82, 2.24) is 0 Å². The Morgan fingerprint density at radius 3 is 2.12 bits per heavy atom. The van der Waals surface area contributed by atoms with Crippen LogP contribution in [-0.4, -0.2) is 18.2 Å². The fourth-order valence-corrected chi connectivity index (χ4v) is 1.01. The third kappa shape index (κ3) is 8.31. The molecular weight excluding hydrogens is 216 g/mol. The van der Waals surface area contributed by atoms with Crippen molar-refractivity contribution in [2.75, 3.05) is 7.11 Å². The van der Waals surface area contributed by atoms with E-state index in [9.17, 15) is 4.79 Å². The van der Waals surface area contributed by atoms with Crippen LogP contribution in [0.3, 0.4) is 0 Å². The first-order chi connectivity index (χ1) is 8.13. The fraction of sp³-hybridized carbons (Fsp3) is 0.500. The van der Waals surface area contributed by atoms with E-state index in [0.29, 0.717) is 12.8 Å². The molecule has 17 heavy (non-hydrogen) atoms. The normalized spacial score (nSPS) is 9.12. The number of ether oxygens (including phenoxy) is 1. The van der Waals surface area contributed by atoms with E-state index in [1.807, 2.05) is 0 Å². The number of phenolic OH excluding ortho intramolecular Hbond substituents is 1. The summed E-state index contributed by atoms with van der Waals surface area (Å²) in [6, 6.07) is 6.79. The molecule has 0 saturated heterocycles. The van der Waals surface area contributed by atoms with E-state index in [1.165, 1.54) is 20.0 Å². The van der Waals surface area contributed by atoms with Gasteiger partial charge in [0.25, 0.3) is 0 Å². The Labute approximate surface area is 103 Å². The number of benzene rings is 1. The number of phenols is 1. The van der Waals surface area contributed by atoms with Crippen LogP contribution < -0.4 is 0 Å². The van der Waals surface area contributed by atoms with Gasteiger partial charge in [-0.2, -0.15) is 0 Å². The van der Waals surface area contributed by atoms with Crippen molar-refractivity contribution in [3.8, 4) is 5.75 Å². The van der Waals surface area contributed by atoms with Crippen LogP contribution in [0.25, 0.3) is 0 Å². The molecular formula is C14H22O3. The van der Waals surface area contributed by atoms with Crippen molar-refractivity contribution in [1.29, 1.82) is 0 Å². The van der Waals surface area contributed by atoms with Crippen LogP contribution >= 0.6 is 0 Å². The lowest BCUT2D eigenvalue weighted by Crippen LogP contribution is -2.01. The maximum Gasteiger partial charge on any atom is 0.305 e. The van der Waals surface area contributed by atoms with Gasteiger partial charge in [0, 0.05) is 6.42 Å². The summed E-state index contributed by atoms with van der Waals surface area (Å²) < 4.78 is 4.51. The minimum atomic E-state index is -0.215. The molecule has 0 aromatic heterocycles. The number of carbonyl (C=O) groups is 1. The van der Waals surface area contributed by atoms with Crippen molar-refractivity contribution in [3.63, 3.8) is 0 Å². The van der Waals surface area contributed by atoms with Crippen LogP contribution in [0.1, 0.15) is 38.7 Å². The molecule has 0 amide bonds. The van der Waals surface area contributed by atoms with E-state index in [2.05, 4.69) is 18.6 Å². The lowest BCUT2D eigenvalue weighted by atomic mass is 10.1. The number of hydrogen-bond acceptors (Lipinski definition) is 3. The Balaban J connectivity index is 0.000000557. The van der Waals surface area contributed by atoms with E-state index in [1.54, 1.807) is 24.3 Å². The third-order valence-electron chi connectivity index (χ3n) is 2.28. The van der Waals surface area contributed by atoms with Crippen molar-refractivity contribution in [2.24, 2.45) is 0 Å². The highest BCUT2D eigenvalue weighted by molar-refractivity contribution is 5.69. The minimum Gasteiger partial charge on any atom is -0.508 e. The van der Waals surface area contributed by atoms with Gasteiger partial charge in [-0.05, 0) is 24.1 Å². The van der Waals surface area contributed by atoms with Crippen LogP contribution in [0.15, 0.2) is 24.3 Å². The zero-order valence-corrected chi connectivity index (χ0v) is 10.9. The predicted molar refractivity (Wildman–Crippen MR) is 69.0 cm³/mol. The lowest BCUT2D eigenvalue weighted by molar-refractivity contribution is -0.140. The van der Waals surface area contributed by atoms with Crippen molar-refractivity contribution >= 4 is 5.97 Å². The Hall–Kier alpha value is -1.51. The molecule has 96 valence electrons. The molecule has 1 N–H and O–H groups in total. The predicted octanol–water partition coefficient (Wildman–Crippen LogP) is 3.30.